The van der Waals surface area contributed by atoms with Crippen molar-refractivity contribution in [2.24, 2.45) is 0 Å². The van der Waals surface area contributed by atoms with Crippen LogP contribution in [0.4, 0.5) is 10.5 Å². The van der Waals surface area contributed by atoms with Crippen LogP contribution in [0.1, 0.15) is 0 Å². The minimum Gasteiger partial charge on any atom is -0.492 e. The number of hydrogen-bond donors (Lipinski definition) is 2. The second-order valence-electron chi connectivity index (χ2n) is 4.48. The molecule has 3 rings (SSSR count). The Labute approximate surface area is 127 Å². The molecule has 1 aliphatic rings. The SMILES string of the molecule is O=C(NCCOc1ccc2c(c1)OCO2)Nc1ccncc1. The van der Waals surface area contributed by atoms with Gasteiger partial charge < -0.3 is 24.8 Å². The fourth-order valence-electron chi connectivity index (χ4n) is 1.91. The summed E-state index contributed by atoms with van der Waals surface area (Å²) < 4.78 is 16.0. The van der Waals surface area contributed by atoms with Crippen LogP contribution >= 0.6 is 0 Å². The smallest absolute Gasteiger partial charge is 0.319 e. The van der Waals surface area contributed by atoms with Gasteiger partial charge in [-0.05, 0) is 24.3 Å². The monoisotopic (exact) mass is 301 g/mol. The number of rotatable bonds is 5. The van der Waals surface area contributed by atoms with E-state index in [1.165, 1.54) is 0 Å². The van der Waals surface area contributed by atoms with Crippen LogP contribution in [0.2, 0.25) is 0 Å². The molecule has 1 aromatic carbocycles. The highest BCUT2D eigenvalue weighted by Crippen LogP contribution is 2.34. The van der Waals surface area contributed by atoms with Gasteiger partial charge >= 0.3 is 6.03 Å². The first kappa shape index (κ1) is 14.0. The lowest BCUT2D eigenvalue weighted by molar-refractivity contribution is 0.173. The quantitative estimate of drug-likeness (QED) is 0.826. The van der Waals surface area contributed by atoms with E-state index in [9.17, 15) is 4.79 Å². The van der Waals surface area contributed by atoms with Crippen LogP contribution in [0, 0.1) is 0 Å². The van der Waals surface area contributed by atoms with E-state index in [4.69, 9.17) is 14.2 Å². The number of benzene rings is 1. The summed E-state index contributed by atoms with van der Waals surface area (Å²) in [5, 5.41) is 5.39. The molecule has 22 heavy (non-hydrogen) atoms. The van der Waals surface area contributed by atoms with Crippen molar-refractivity contribution in [1.82, 2.24) is 10.3 Å². The van der Waals surface area contributed by atoms with E-state index in [0.717, 1.165) is 0 Å². The molecule has 1 aromatic heterocycles. The molecule has 0 saturated carbocycles. The van der Waals surface area contributed by atoms with Gasteiger partial charge in [-0.2, -0.15) is 0 Å². The van der Waals surface area contributed by atoms with Gasteiger partial charge in [-0.25, -0.2) is 4.79 Å². The highest BCUT2D eigenvalue weighted by atomic mass is 16.7. The van der Waals surface area contributed by atoms with E-state index in [1.807, 2.05) is 0 Å². The Hall–Kier alpha value is -2.96. The summed E-state index contributed by atoms with van der Waals surface area (Å²) >= 11 is 0. The Kier molecular flexibility index (Phi) is 4.24. The van der Waals surface area contributed by atoms with Gasteiger partial charge in [-0.15, -0.1) is 0 Å². The molecule has 0 aliphatic carbocycles. The number of fused-ring (bicyclic) bond motifs is 1. The standard InChI is InChI=1S/C15H15N3O4/c19-15(18-11-3-5-16-6-4-11)17-7-8-20-12-1-2-13-14(9-12)22-10-21-13/h1-6,9H,7-8,10H2,(H2,16,17,18,19). The number of carbonyl (C=O) groups excluding carboxylic acids is 1. The number of amides is 2. The second kappa shape index (κ2) is 6.66. The van der Waals surface area contributed by atoms with Gasteiger partial charge in [0.1, 0.15) is 12.4 Å². The molecule has 0 spiro atoms. The average molecular weight is 301 g/mol. The van der Waals surface area contributed by atoms with Crippen molar-refractivity contribution in [2.45, 2.75) is 0 Å². The fraction of sp³-hybridized carbons (Fsp3) is 0.200. The van der Waals surface area contributed by atoms with E-state index in [1.54, 1.807) is 42.7 Å². The zero-order valence-corrected chi connectivity index (χ0v) is 11.7. The summed E-state index contributed by atoms with van der Waals surface area (Å²) in [4.78, 5) is 15.5. The molecule has 0 unspecified atom stereocenters. The molecule has 7 nitrogen and oxygen atoms in total. The molecular weight excluding hydrogens is 286 g/mol. The van der Waals surface area contributed by atoms with Crippen LogP contribution in [0.5, 0.6) is 17.2 Å². The van der Waals surface area contributed by atoms with Crippen LogP contribution in [-0.2, 0) is 0 Å². The van der Waals surface area contributed by atoms with Gasteiger partial charge in [0.2, 0.25) is 6.79 Å². The van der Waals surface area contributed by atoms with Crippen molar-refractivity contribution in [3.05, 3.63) is 42.7 Å². The van der Waals surface area contributed by atoms with Gasteiger partial charge in [0.25, 0.3) is 0 Å². The molecule has 1 aliphatic heterocycles. The summed E-state index contributed by atoms with van der Waals surface area (Å²) in [5.74, 6) is 2.05. The molecule has 0 atom stereocenters. The van der Waals surface area contributed by atoms with Gasteiger partial charge in [-0.3, -0.25) is 4.98 Å². The number of hydrogen-bond acceptors (Lipinski definition) is 5. The van der Waals surface area contributed by atoms with Crippen LogP contribution < -0.4 is 24.8 Å². The maximum atomic E-state index is 11.6. The highest BCUT2D eigenvalue weighted by Gasteiger charge is 2.13. The third kappa shape index (κ3) is 3.57. The first-order valence-corrected chi connectivity index (χ1v) is 6.78. The van der Waals surface area contributed by atoms with E-state index < -0.39 is 0 Å². The number of nitrogens with one attached hydrogen (secondary N) is 2. The Morgan fingerprint density at radius 1 is 1.18 bits per heavy atom. The molecule has 2 N–H and O–H groups in total. The molecule has 7 heteroatoms. The molecule has 2 heterocycles. The normalized spacial score (nSPS) is 11.8. The van der Waals surface area contributed by atoms with Crippen LogP contribution in [0.15, 0.2) is 42.7 Å². The van der Waals surface area contributed by atoms with E-state index in [-0.39, 0.29) is 12.8 Å². The van der Waals surface area contributed by atoms with Crippen molar-refractivity contribution >= 4 is 11.7 Å². The van der Waals surface area contributed by atoms with Gasteiger partial charge in [-0.1, -0.05) is 0 Å². The van der Waals surface area contributed by atoms with Gasteiger partial charge in [0, 0.05) is 24.1 Å². The topological polar surface area (TPSA) is 81.7 Å². The largest absolute Gasteiger partial charge is 0.492 e. The third-order valence-corrected chi connectivity index (χ3v) is 2.94. The molecule has 114 valence electrons. The number of anilines is 1. The fourth-order valence-corrected chi connectivity index (χ4v) is 1.91. The van der Waals surface area contributed by atoms with Crippen molar-refractivity contribution in [2.75, 3.05) is 25.3 Å². The minimum absolute atomic E-state index is 0.232. The Bertz CT molecular complexity index is 648. The Balaban J connectivity index is 1.39. The maximum Gasteiger partial charge on any atom is 0.319 e. The molecule has 0 bridgehead atoms. The van der Waals surface area contributed by atoms with Crippen LogP contribution in [0.25, 0.3) is 0 Å². The lowest BCUT2D eigenvalue weighted by Crippen LogP contribution is -2.32. The first-order valence-electron chi connectivity index (χ1n) is 6.78. The van der Waals surface area contributed by atoms with Crippen molar-refractivity contribution in [3.8, 4) is 17.2 Å². The molecule has 2 aromatic rings. The summed E-state index contributed by atoms with van der Waals surface area (Å²) in [7, 11) is 0. The summed E-state index contributed by atoms with van der Waals surface area (Å²) in [6.45, 7) is 0.963. The number of pyridine rings is 1. The number of nitrogens with zero attached hydrogens (tertiary/aromatic N) is 1. The Morgan fingerprint density at radius 3 is 2.86 bits per heavy atom. The predicted octanol–water partition coefficient (Wildman–Crippen LogP) is 2.01. The van der Waals surface area contributed by atoms with Crippen LogP contribution in [0.3, 0.4) is 0 Å². The number of aromatic nitrogens is 1. The van der Waals surface area contributed by atoms with E-state index >= 15 is 0 Å². The summed E-state index contributed by atoms with van der Waals surface area (Å²) in [6, 6.07) is 8.48. The average Bonchev–Trinajstić information content (AvgIpc) is 3.00. The highest BCUT2D eigenvalue weighted by molar-refractivity contribution is 5.89. The second-order valence-corrected chi connectivity index (χ2v) is 4.48. The molecular formula is C15H15N3O4. The van der Waals surface area contributed by atoms with Gasteiger partial charge in [0.05, 0.1) is 6.54 Å². The molecule has 0 saturated heterocycles. The first-order chi connectivity index (χ1) is 10.8. The molecule has 0 fully saturated rings. The van der Waals surface area contributed by atoms with Crippen molar-refractivity contribution < 1.29 is 19.0 Å². The van der Waals surface area contributed by atoms with E-state index in [0.29, 0.717) is 36.1 Å². The zero-order chi connectivity index (χ0) is 15.2. The molecule has 0 radical (unpaired) electrons. The Morgan fingerprint density at radius 2 is 2.00 bits per heavy atom. The molecule has 2 amide bonds. The summed E-state index contributed by atoms with van der Waals surface area (Å²) in [5.41, 5.74) is 0.684. The van der Waals surface area contributed by atoms with Crippen molar-refractivity contribution in [3.63, 3.8) is 0 Å². The minimum atomic E-state index is -0.291. The number of carbonyl (C=O) groups is 1. The number of urea groups is 1. The lowest BCUT2D eigenvalue weighted by atomic mass is 10.3. The zero-order valence-electron chi connectivity index (χ0n) is 11.7. The van der Waals surface area contributed by atoms with Gasteiger partial charge in [0.15, 0.2) is 11.5 Å². The summed E-state index contributed by atoms with van der Waals surface area (Å²) in [6.07, 6.45) is 3.22. The van der Waals surface area contributed by atoms with E-state index in [2.05, 4.69) is 15.6 Å². The lowest BCUT2D eigenvalue weighted by Gasteiger charge is -2.09. The van der Waals surface area contributed by atoms with Crippen LogP contribution in [-0.4, -0.2) is 31.0 Å². The third-order valence-electron chi connectivity index (χ3n) is 2.94. The number of ether oxygens (including phenoxy) is 3. The van der Waals surface area contributed by atoms with Crippen molar-refractivity contribution in [1.29, 1.82) is 0 Å². The predicted molar refractivity (Wildman–Crippen MR) is 79.3 cm³/mol. The maximum absolute atomic E-state index is 11.6.